The molecule has 20 heavy (non-hydrogen) atoms. The number of hydrogen-bond donors (Lipinski definition) is 2. The summed E-state index contributed by atoms with van der Waals surface area (Å²) in [6.45, 7) is 7.26. The lowest BCUT2D eigenvalue weighted by Gasteiger charge is -2.17. The van der Waals surface area contributed by atoms with Gasteiger partial charge in [0.1, 0.15) is 12.3 Å². The molecule has 1 aromatic carbocycles. The quantitative estimate of drug-likeness (QED) is 0.836. The highest BCUT2D eigenvalue weighted by atomic mass is 16.5. The summed E-state index contributed by atoms with van der Waals surface area (Å²) in [6, 6.07) is 5.90. The van der Waals surface area contributed by atoms with Gasteiger partial charge in [0, 0.05) is 0 Å². The van der Waals surface area contributed by atoms with Crippen LogP contribution in [0.25, 0.3) is 0 Å². The largest absolute Gasteiger partial charge is 0.481 e. The highest BCUT2D eigenvalue weighted by Gasteiger charge is 2.16. The van der Waals surface area contributed by atoms with Crippen molar-refractivity contribution < 1.29 is 19.4 Å². The summed E-state index contributed by atoms with van der Waals surface area (Å²) >= 11 is 0. The highest BCUT2D eigenvalue weighted by Crippen LogP contribution is 2.25. The molecule has 0 saturated heterocycles. The van der Waals surface area contributed by atoms with Crippen molar-refractivity contribution in [1.82, 2.24) is 5.32 Å². The molecule has 110 valence electrons. The minimum Gasteiger partial charge on any atom is -0.481 e. The van der Waals surface area contributed by atoms with Crippen LogP contribution in [0.1, 0.15) is 37.8 Å². The fraction of sp³-hybridized carbons (Fsp3) is 0.467. The lowest BCUT2D eigenvalue weighted by Crippen LogP contribution is -2.39. The van der Waals surface area contributed by atoms with Gasteiger partial charge in [-0.25, -0.2) is 0 Å². The van der Waals surface area contributed by atoms with Crippen LogP contribution in [-0.4, -0.2) is 29.6 Å². The van der Waals surface area contributed by atoms with E-state index in [4.69, 9.17) is 9.84 Å². The predicted molar refractivity (Wildman–Crippen MR) is 76.0 cm³/mol. The van der Waals surface area contributed by atoms with Crippen LogP contribution in [0.2, 0.25) is 0 Å². The van der Waals surface area contributed by atoms with E-state index in [1.807, 2.05) is 25.1 Å². The molecule has 1 amide bonds. The Hall–Kier alpha value is -2.04. The number of aryl methyl sites for hydroxylation is 1. The van der Waals surface area contributed by atoms with Gasteiger partial charge < -0.3 is 15.2 Å². The highest BCUT2D eigenvalue weighted by molar-refractivity contribution is 5.84. The van der Waals surface area contributed by atoms with Crippen molar-refractivity contribution in [1.29, 1.82) is 0 Å². The van der Waals surface area contributed by atoms with E-state index in [1.54, 1.807) is 6.92 Å². The van der Waals surface area contributed by atoms with E-state index in [-0.39, 0.29) is 0 Å². The van der Waals surface area contributed by atoms with Crippen LogP contribution in [0.4, 0.5) is 0 Å². The Bertz CT molecular complexity index is 497. The first-order chi connectivity index (χ1) is 9.31. The minimum absolute atomic E-state index is 0.370. The molecule has 1 atom stereocenters. The number of ether oxygens (including phenoxy) is 1. The van der Waals surface area contributed by atoms with Crippen molar-refractivity contribution >= 4 is 11.9 Å². The summed E-state index contributed by atoms with van der Waals surface area (Å²) in [4.78, 5) is 22.1. The molecular formula is C15H21NO4. The maximum Gasteiger partial charge on any atom is 0.322 e. The molecule has 0 aromatic heterocycles. The molecular weight excluding hydrogens is 258 g/mol. The van der Waals surface area contributed by atoms with Gasteiger partial charge in [0.05, 0.1) is 0 Å². The van der Waals surface area contributed by atoms with Gasteiger partial charge in [-0.3, -0.25) is 9.59 Å². The molecule has 0 fully saturated rings. The Morgan fingerprint density at radius 1 is 1.30 bits per heavy atom. The van der Waals surface area contributed by atoms with E-state index in [1.165, 1.54) is 0 Å². The van der Waals surface area contributed by atoms with E-state index in [0.717, 1.165) is 11.1 Å². The van der Waals surface area contributed by atoms with Gasteiger partial charge >= 0.3 is 5.97 Å². The average Bonchev–Trinajstić information content (AvgIpc) is 2.37. The van der Waals surface area contributed by atoms with Gasteiger partial charge in [-0.05, 0) is 37.0 Å². The van der Waals surface area contributed by atoms with E-state index in [2.05, 4.69) is 19.2 Å². The summed E-state index contributed by atoms with van der Waals surface area (Å²) in [5, 5.41) is 10.8. The molecule has 0 spiro atoms. The lowest BCUT2D eigenvalue weighted by molar-refractivity contribution is -0.139. The molecule has 5 nitrogen and oxygen atoms in total. The summed E-state index contributed by atoms with van der Waals surface area (Å²) in [5.41, 5.74) is 2.07. The minimum atomic E-state index is -1.08. The smallest absolute Gasteiger partial charge is 0.322 e. The topological polar surface area (TPSA) is 75.6 Å². The number of carboxylic acids is 1. The van der Waals surface area contributed by atoms with E-state index in [9.17, 15) is 9.59 Å². The van der Waals surface area contributed by atoms with Crippen molar-refractivity contribution in [3.8, 4) is 5.75 Å². The zero-order valence-corrected chi connectivity index (χ0v) is 12.3. The number of carbonyl (C=O) groups excluding carboxylic acids is 1. The van der Waals surface area contributed by atoms with Crippen molar-refractivity contribution in [3.05, 3.63) is 29.3 Å². The molecule has 0 radical (unpaired) electrons. The molecule has 5 heteroatoms. The fourth-order valence-corrected chi connectivity index (χ4v) is 1.65. The number of carboxylic acid groups (broad SMARTS) is 1. The van der Waals surface area contributed by atoms with Gasteiger partial charge in [-0.15, -0.1) is 0 Å². The molecule has 0 aliphatic heterocycles. The molecule has 0 bridgehead atoms. The van der Waals surface area contributed by atoms with E-state index >= 15 is 0 Å². The van der Waals surface area contributed by atoms with Gasteiger partial charge in [0.15, 0.2) is 6.10 Å². The Balaban J connectivity index is 2.74. The van der Waals surface area contributed by atoms with Crippen LogP contribution in [0, 0.1) is 6.92 Å². The summed E-state index contributed by atoms with van der Waals surface area (Å²) < 4.78 is 5.63. The third-order valence-electron chi connectivity index (χ3n) is 2.97. The fourth-order valence-electron chi connectivity index (χ4n) is 1.65. The number of aliphatic carboxylic acids is 1. The molecule has 0 heterocycles. The van der Waals surface area contributed by atoms with Crippen LogP contribution in [0.15, 0.2) is 18.2 Å². The number of hydrogen-bond acceptors (Lipinski definition) is 3. The monoisotopic (exact) mass is 279 g/mol. The summed E-state index contributed by atoms with van der Waals surface area (Å²) in [7, 11) is 0. The Kier molecular flexibility index (Phi) is 5.55. The molecule has 1 unspecified atom stereocenters. The Labute approximate surface area is 118 Å². The molecule has 1 aromatic rings. The zero-order chi connectivity index (χ0) is 15.3. The van der Waals surface area contributed by atoms with Crippen LogP contribution < -0.4 is 10.1 Å². The summed E-state index contributed by atoms with van der Waals surface area (Å²) in [5.74, 6) is -0.506. The third kappa shape index (κ3) is 4.57. The number of benzene rings is 1. The van der Waals surface area contributed by atoms with Crippen LogP contribution >= 0.6 is 0 Å². The average molecular weight is 279 g/mol. The van der Waals surface area contributed by atoms with E-state index in [0.29, 0.717) is 11.7 Å². The van der Waals surface area contributed by atoms with Gasteiger partial charge in [-0.2, -0.15) is 0 Å². The second-order valence-electron chi connectivity index (χ2n) is 5.05. The zero-order valence-electron chi connectivity index (χ0n) is 12.3. The van der Waals surface area contributed by atoms with Crippen LogP contribution in [0.5, 0.6) is 5.75 Å². The van der Waals surface area contributed by atoms with Crippen LogP contribution in [-0.2, 0) is 9.59 Å². The Morgan fingerprint density at radius 2 is 1.95 bits per heavy atom. The number of nitrogens with one attached hydrogen (secondary N) is 1. The lowest BCUT2D eigenvalue weighted by atomic mass is 10.0. The summed E-state index contributed by atoms with van der Waals surface area (Å²) in [6.07, 6.45) is -0.740. The number of carbonyl (C=O) groups is 2. The maximum absolute atomic E-state index is 11.7. The first-order valence-corrected chi connectivity index (χ1v) is 6.58. The molecule has 0 aliphatic carbocycles. The first-order valence-electron chi connectivity index (χ1n) is 6.58. The standard InChI is InChI=1S/C15H21NO4/c1-9(2)12-6-5-10(3)13(7-12)20-11(4)15(19)16-8-14(17)18/h5-7,9,11H,8H2,1-4H3,(H,16,19)(H,17,18). The van der Waals surface area contributed by atoms with Gasteiger partial charge in [0.25, 0.3) is 5.91 Å². The second-order valence-corrected chi connectivity index (χ2v) is 5.05. The Morgan fingerprint density at radius 3 is 2.50 bits per heavy atom. The molecule has 0 saturated carbocycles. The molecule has 1 rings (SSSR count). The normalized spacial score (nSPS) is 12.1. The third-order valence-corrected chi connectivity index (χ3v) is 2.97. The SMILES string of the molecule is Cc1ccc(C(C)C)cc1OC(C)C(=O)NCC(=O)O. The first kappa shape index (κ1) is 16.0. The van der Waals surface area contributed by atoms with Crippen molar-refractivity contribution in [2.75, 3.05) is 6.54 Å². The number of rotatable bonds is 6. The second kappa shape index (κ2) is 6.93. The van der Waals surface area contributed by atoms with Crippen molar-refractivity contribution in [2.45, 2.75) is 39.7 Å². The maximum atomic E-state index is 11.7. The van der Waals surface area contributed by atoms with Crippen molar-refractivity contribution in [2.24, 2.45) is 0 Å². The molecule has 0 aliphatic rings. The number of amides is 1. The van der Waals surface area contributed by atoms with Crippen molar-refractivity contribution in [3.63, 3.8) is 0 Å². The van der Waals surface area contributed by atoms with E-state index < -0.39 is 24.5 Å². The van der Waals surface area contributed by atoms with Crippen LogP contribution in [0.3, 0.4) is 0 Å². The van der Waals surface area contributed by atoms with Gasteiger partial charge in [-0.1, -0.05) is 26.0 Å². The molecule has 2 N–H and O–H groups in total. The van der Waals surface area contributed by atoms with Gasteiger partial charge in [0.2, 0.25) is 0 Å². The predicted octanol–water partition coefficient (Wildman–Crippen LogP) is 2.09.